The van der Waals surface area contributed by atoms with Crippen LogP contribution in [-0.4, -0.2) is 14.3 Å². The van der Waals surface area contributed by atoms with Crippen molar-refractivity contribution in [2.24, 2.45) is 0 Å². The Labute approximate surface area is 102 Å². The molecular formula is C11H10IN2O2-. The second-order valence-corrected chi connectivity index (χ2v) is 5.41. The van der Waals surface area contributed by atoms with Gasteiger partial charge in [0.15, 0.2) is 0 Å². The molecule has 1 aromatic carbocycles. The molecule has 0 fully saturated rings. The number of hydrogen-bond donors (Lipinski definition) is 1. The number of aryl methyl sites for hydroxylation is 1. The van der Waals surface area contributed by atoms with Crippen molar-refractivity contribution in [3.63, 3.8) is 0 Å². The van der Waals surface area contributed by atoms with Crippen LogP contribution < -0.4 is 26.8 Å². The van der Waals surface area contributed by atoms with Crippen molar-refractivity contribution in [1.82, 2.24) is 9.97 Å². The Hall–Kier alpha value is -1.24. The van der Waals surface area contributed by atoms with Crippen LogP contribution in [-0.2, 0) is 11.2 Å². The average Bonchev–Trinajstić information content (AvgIpc) is 2.28. The Morgan fingerprint density at radius 2 is 2.31 bits per heavy atom. The summed E-state index contributed by atoms with van der Waals surface area (Å²) in [6, 6.07) is 5.61. The summed E-state index contributed by atoms with van der Waals surface area (Å²) < 4.78 is 1.37. The first-order valence-corrected chi connectivity index (χ1v) is 7.17. The number of nitrogens with zero attached hydrogens (tertiary/aromatic N) is 1. The predicted octanol–water partition coefficient (Wildman–Crippen LogP) is -2.07. The van der Waals surface area contributed by atoms with Crippen LogP contribution in [0.4, 0.5) is 0 Å². The zero-order valence-corrected chi connectivity index (χ0v) is 10.8. The van der Waals surface area contributed by atoms with E-state index in [4.69, 9.17) is 0 Å². The number of carbonyl (C=O) groups excluding carboxylic acids is 1. The van der Waals surface area contributed by atoms with Gasteiger partial charge in [0.1, 0.15) is 0 Å². The molecule has 0 amide bonds. The summed E-state index contributed by atoms with van der Waals surface area (Å²) in [6.45, 7) is 2.05. The van der Waals surface area contributed by atoms with Crippen LogP contribution in [0.1, 0.15) is 12.5 Å². The Morgan fingerprint density at radius 1 is 1.50 bits per heavy atom. The van der Waals surface area contributed by atoms with E-state index in [2.05, 4.69) is 9.97 Å². The molecule has 0 aliphatic heterocycles. The molecule has 16 heavy (non-hydrogen) atoms. The van der Waals surface area contributed by atoms with Crippen LogP contribution in [0.2, 0.25) is 0 Å². The monoisotopic (exact) mass is 329 g/mol. The van der Waals surface area contributed by atoms with Crippen LogP contribution in [0.15, 0.2) is 23.0 Å². The van der Waals surface area contributed by atoms with Crippen molar-refractivity contribution < 1.29 is 26.0 Å². The molecule has 1 N–H and O–H groups in total. The van der Waals surface area contributed by atoms with E-state index in [-0.39, 0.29) is 5.56 Å². The third-order valence-electron chi connectivity index (χ3n) is 2.30. The third kappa shape index (κ3) is 2.13. The van der Waals surface area contributed by atoms with Crippen molar-refractivity contribution >= 4 is 15.2 Å². The van der Waals surface area contributed by atoms with E-state index in [9.17, 15) is 9.59 Å². The summed E-state index contributed by atoms with van der Waals surface area (Å²) in [5.41, 5.74) is 1.66. The predicted molar refractivity (Wildman–Crippen MR) is 57.2 cm³/mol. The number of halogens is 1. The van der Waals surface area contributed by atoms with E-state index in [0.29, 0.717) is 14.7 Å². The quantitative estimate of drug-likeness (QED) is 0.305. The first-order valence-electron chi connectivity index (χ1n) is 4.84. The molecular weight excluding hydrogens is 319 g/mol. The van der Waals surface area contributed by atoms with Crippen molar-refractivity contribution in [2.75, 3.05) is 0 Å². The van der Waals surface area contributed by atoms with Crippen molar-refractivity contribution in [1.29, 1.82) is 0 Å². The molecule has 1 aromatic heterocycles. The van der Waals surface area contributed by atoms with Gasteiger partial charge in [0.2, 0.25) is 0 Å². The second kappa shape index (κ2) is 4.73. The van der Waals surface area contributed by atoms with E-state index >= 15 is 0 Å². The average molecular weight is 329 g/mol. The molecule has 0 aliphatic carbocycles. The second-order valence-electron chi connectivity index (χ2n) is 3.26. The Balaban J connectivity index is 2.67. The van der Waals surface area contributed by atoms with E-state index < -0.39 is 21.2 Å². The number of aromatic nitrogens is 2. The Kier molecular flexibility index (Phi) is 3.33. The molecule has 5 heteroatoms. The number of rotatable bonds is 3. The Morgan fingerprint density at radius 3 is 3.00 bits per heavy atom. The topological polar surface area (TPSA) is 62.8 Å². The fourth-order valence-electron chi connectivity index (χ4n) is 1.47. The van der Waals surface area contributed by atoms with Gasteiger partial charge in [-0.05, 0) is 0 Å². The van der Waals surface area contributed by atoms with Gasteiger partial charge in [-0.1, -0.05) is 0 Å². The molecule has 0 bridgehead atoms. The van der Waals surface area contributed by atoms with Gasteiger partial charge in [-0.25, -0.2) is 0 Å². The summed E-state index contributed by atoms with van der Waals surface area (Å²) in [5, 5.41) is 0.579. The van der Waals surface area contributed by atoms with Gasteiger partial charge in [0, 0.05) is 0 Å². The van der Waals surface area contributed by atoms with Crippen LogP contribution >= 0.6 is 0 Å². The normalized spacial score (nSPS) is 10.8. The zero-order valence-electron chi connectivity index (χ0n) is 8.66. The van der Waals surface area contributed by atoms with Crippen molar-refractivity contribution in [3.05, 3.63) is 37.9 Å². The third-order valence-corrected chi connectivity index (χ3v) is 3.65. The molecule has 4 nitrogen and oxygen atoms in total. The number of benzene rings is 1. The van der Waals surface area contributed by atoms with Gasteiger partial charge < -0.3 is 0 Å². The van der Waals surface area contributed by atoms with Crippen molar-refractivity contribution in [2.45, 2.75) is 13.3 Å². The first-order chi connectivity index (χ1) is 7.74. The molecule has 84 valence electrons. The van der Waals surface area contributed by atoms with Gasteiger partial charge in [-0.3, -0.25) is 0 Å². The van der Waals surface area contributed by atoms with E-state index in [1.807, 2.05) is 19.1 Å². The molecule has 0 saturated heterocycles. The maximum absolute atomic E-state index is 11.7. The molecule has 0 atom stereocenters. The van der Waals surface area contributed by atoms with Gasteiger partial charge >= 0.3 is 102 Å². The summed E-state index contributed by atoms with van der Waals surface area (Å²) in [7, 11) is 0. The standard InChI is InChI=1S/C11H10IN2O2/c1-2-7-3-4-8-9(5-7)13-11(12-6-15)14-10(8)16/h3-6H,2H2,1H3,(H,13,14,16)/q-1. The van der Waals surface area contributed by atoms with Crippen molar-refractivity contribution in [3.8, 4) is 0 Å². The number of H-pyrrole nitrogens is 1. The molecule has 1 heterocycles. The van der Waals surface area contributed by atoms with Gasteiger partial charge in [0.05, 0.1) is 0 Å². The molecule has 2 rings (SSSR count). The maximum atomic E-state index is 11.7. The summed E-state index contributed by atoms with van der Waals surface area (Å²) in [4.78, 5) is 29.0. The molecule has 0 saturated carbocycles. The fourth-order valence-corrected chi connectivity index (χ4v) is 2.51. The number of nitrogens with one attached hydrogen (secondary N) is 1. The molecule has 2 aromatic rings. The van der Waals surface area contributed by atoms with E-state index in [0.717, 1.165) is 16.3 Å². The molecule has 0 radical (unpaired) electrons. The summed E-state index contributed by atoms with van der Waals surface area (Å²) >= 11 is -0.823. The minimum absolute atomic E-state index is 0.163. The fraction of sp³-hybridized carbons (Fsp3) is 0.182. The summed E-state index contributed by atoms with van der Waals surface area (Å²) in [5.74, 6) is 0. The van der Waals surface area contributed by atoms with Crippen LogP contribution in [0, 0.1) is 3.83 Å². The van der Waals surface area contributed by atoms with Crippen LogP contribution in [0.25, 0.3) is 10.9 Å². The van der Waals surface area contributed by atoms with E-state index in [1.165, 1.54) is 0 Å². The van der Waals surface area contributed by atoms with Crippen LogP contribution in [0.3, 0.4) is 0 Å². The Bertz CT molecular complexity index is 592. The van der Waals surface area contributed by atoms with E-state index in [1.54, 1.807) is 6.07 Å². The minimum atomic E-state index is -0.823. The summed E-state index contributed by atoms with van der Waals surface area (Å²) in [6.07, 6.45) is 0.905. The number of carbonyl (C=O) groups is 1. The SMILES string of the molecule is CCc1ccc2c(=O)[nH]c([I-]C=O)nc2c1. The number of fused-ring (bicyclic) bond motifs is 1. The molecule has 0 unspecified atom stereocenters. The van der Waals surface area contributed by atoms with Gasteiger partial charge in [-0.15, -0.1) is 0 Å². The van der Waals surface area contributed by atoms with Gasteiger partial charge in [0.25, 0.3) is 0 Å². The van der Waals surface area contributed by atoms with Gasteiger partial charge in [-0.2, -0.15) is 0 Å². The number of hydrogen-bond acceptors (Lipinski definition) is 3. The zero-order chi connectivity index (χ0) is 11.5. The van der Waals surface area contributed by atoms with Crippen LogP contribution in [0.5, 0.6) is 0 Å². The number of aromatic amines is 1. The molecule has 0 spiro atoms. The first kappa shape index (κ1) is 11.3. The molecule has 0 aliphatic rings.